The number of hydrogen-bond acceptors (Lipinski definition) is 5. The normalized spacial score (nSPS) is 11.0. The van der Waals surface area contributed by atoms with Gasteiger partial charge in [-0.25, -0.2) is 0 Å². The highest BCUT2D eigenvalue weighted by atomic mass is 16.5. The van der Waals surface area contributed by atoms with Gasteiger partial charge in [0, 0.05) is 17.1 Å². The molecule has 3 rings (SSSR count). The molecule has 6 heteroatoms. The topological polar surface area (TPSA) is 90.0 Å². The molecule has 0 aliphatic rings. The van der Waals surface area contributed by atoms with Crippen LogP contribution in [0.5, 0.6) is 5.75 Å². The van der Waals surface area contributed by atoms with Gasteiger partial charge in [-0.3, -0.25) is 0 Å². The molecule has 0 bridgehead atoms. The van der Waals surface area contributed by atoms with Crippen LogP contribution in [0.1, 0.15) is 5.89 Å². The Labute approximate surface area is 103 Å². The fourth-order valence-corrected chi connectivity index (χ4v) is 1.95. The Kier molecular flexibility index (Phi) is 2.49. The largest absolute Gasteiger partial charge is 0.496 e. The van der Waals surface area contributed by atoms with Crippen molar-refractivity contribution in [3.05, 3.63) is 30.3 Å². The number of H-pyrrole nitrogens is 1. The van der Waals surface area contributed by atoms with E-state index in [4.69, 9.17) is 15.0 Å². The number of nitrogens with one attached hydrogen (secondary N) is 1. The third-order valence-corrected chi connectivity index (χ3v) is 2.78. The quantitative estimate of drug-likeness (QED) is 0.731. The number of nitrogens with two attached hydrogens (primary N) is 1. The zero-order valence-electron chi connectivity index (χ0n) is 9.80. The molecule has 92 valence electrons. The first-order valence-corrected chi connectivity index (χ1v) is 5.50. The summed E-state index contributed by atoms with van der Waals surface area (Å²) in [4.78, 5) is 7.38. The standard InChI is InChI=1S/C12H12N4O2/c1-17-9-3-2-8-7(4-5-14-8)11(9)12-15-10(6-13)18-16-12/h2-5,14H,6,13H2,1H3. The third kappa shape index (κ3) is 1.54. The maximum Gasteiger partial charge on any atom is 0.240 e. The monoisotopic (exact) mass is 244 g/mol. The summed E-state index contributed by atoms with van der Waals surface area (Å²) in [5, 5.41) is 4.92. The van der Waals surface area contributed by atoms with Gasteiger partial charge in [-0.15, -0.1) is 0 Å². The van der Waals surface area contributed by atoms with Gasteiger partial charge in [-0.1, -0.05) is 5.16 Å². The lowest BCUT2D eigenvalue weighted by atomic mass is 10.1. The minimum absolute atomic E-state index is 0.221. The molecule has 0 saturated heterocycles. The van der Waals surface area contributed by atoms with Crippen LogP contribution in [-0.4, -0.2) is 22.2 Å². The van der Waals surface area contributed by atoms with E-state index in [1.807, 2.05) is 24.4 Å². The van der Waals surface area contributed by atoms with Gasteiger partial charge in [0.1, 0.15) is 5.75 Å². The Bertz CT molecular complexity index is 686. The summed E-state index contributed by atoms with van der Waals surface area (Å²) in [6.45, 7) is 0.221. The number of ether oxygens (including phenoxy) is 1. The number of rotatable bonds is 3. The van der Waals surface area contributed by atoms with Crippen LogP contribution in [0, 0.1) is 0 Å². The van der Waals surface area contributed by atoms with E-state index >= 15 is 0 Å². The SMILES string of the molecule is COc1ccc2[nH]ccc2c1-c1noc(CN)n1. The molecule has 1 aromatic carbocycles. The van der Waals surface area contributed by atoms with Gasteiger partial charge >= 0.3 is 0 Å². The van der Waals surface area contributed by atoms with E-state index < -0.39 is 0 Å². The fraction of sp³-hybridized carbons (Fsp3) is 0.167. The molecule has 0 amide bonds. The molecule has 0 radical (unpaired) electrons. The summed E-state index contributed by atoms with van der Waals surface area (Å²) in [5.41, 5.74) is 7.27. The minimum Gasteiger partial charge on any atom is -0.496 e. The van der Waals surface area contributed by atoms with E-state index in [-0.39, 0.29) is 6.54 Å². The van der Waals surface area contributed by atoms with Crippen molar-refractivity contribution in [2.75, 3.05) is 7.11 Å². The Hall–Kier alpha value is -2.34. The summed E-state index contributed by atoms with van der Waals surface area (Å²) in [6, 6.07) is 5.76. The molecule has 3 N–H and O–H groups in total. The number of nitrogens with zero attached hydrogens (tertiary/aromatic N) is 2. The van der Waals surface area contributed by atoms with Crippen LogP contribution in [-0.2, 0) is 6.54 Å². The van der Waals surface area contributed by atoms with Crippen LogP contribution >= 0.6 is 0 Å². The van der Waals surface area contributed by atoms with E-state index in [0.717, 1.165) is 16.5 Å². The van der Waals surface area contributed by atoms with Crippen molar-refractivity contribution in [2.45, 2.75) is 6.54 Å². The molecule has 0 fully saturated rings. The lowest BCUT2D eigenvalue weighted by Gasteiger charge is -2.06. The number of hydrogen-bond donors (Lipinski definition) is 2. The van der Waals surface area contributed by atoms with Crippen LogP contribution < -0.4 is 10.5 Å². The van der Waals surface area contributed by atoms with E-state index in [2.05, 4.69) is 15.1 Å². The lowest BCUT2D eigenvalue weighted by molar-refractivity contribution is 0.380. The molecule has 2 heterocycles. The molecule has 0 unspecified atom stereocenters. The molecular weight excluding hydrogens is 232 g/mol. The molecule has 0 aliphatic carbocycles. The van der Waals surface area contributed by atoms with Crippen molar-refractivity contribution >= 4 is 10.9 Å². The number of benzene rings is 1. The van der Waals surface area contributed by atoms with Crippen molar-refractivity contribution < 1.29 is 9.26 Å². The maximum atomic E-state index is 5.47. The van der Waals surface area contributed by atoms with E-state index in [1.54, 1.807) is 7.11 Å². The first kappa shape index (κ1) is 10.8. The van der Waals surface area contributed by atoms with Crippen LogP contribution in [0.25, 0.3) is 22.3 Å². The predicted octanol–water partition coefficient (Wildman–Crippen LogP) is 1.69. The molecular formula is C12H12N4O2. The maximum absolute atomic E-state index is 5.47. The molecule has 18 heavy (non-hydrogen) atoms. The van der Waals surface area contributed by atoms with Gasteiger partial charge in [-0.05, 0) is 18.2 Å². The average molecular weight is 244 g/mol. The Morgan fingerprint density at radius 3 is 3.00 bits per heavy atom. The summed E-state index contributed by atoms with van der Waals surface area (Å²) < 4.78 is 10.4. The Morgan fingerprint density at radius 2 is 2.28 bits per heavy atom. The highest BCUT2D eigenvalue weighted by Gasteiger charge is 2.16. The second-order valence-corrected chi connectivity index (χ2v) is 3.80. The molecule has 0 atom stereocenters. The summed E-state index contributed by atoms with van der Waals surface area (Å²) in [6.07, 6.45) is 1.86. The van der Waals surface area contributed by atoms with Crippen LogP contribution in [0.2, 0.25) is 0 Å². The van der Waals surface area contributed by atoms with Gasteiger partial charge in [-0.2, -0.15) is 4.98 Å². The fourth-order valence-electron chi connectivity index (χ4n) is 1.95. The molecule has 6 nitrogen and oxygen atoms in total. The number of methoxy groups -OCH3 is 1. The highest BCUT2D eigenvalue weighted by Crippen LogP contribution is 2.34. The van der Waals surface area contributed by atoms with Gasteiger partial charge in [0.05, 0.1) is 19.2 Å². The van der Waals surface area contributed by atoms with Crippen molar-refractivity contribution in [2.24, 2.45) is 5.73 Å². The summed E-state index contributed by atoms with van der Waals surface area (Å²) in [5.74, 6) is 1.59. The molecule has 0 spiro atoms. The zero-order chi connectivity index (χ0) is 12.5. The summed E-state index contributed by atoms with van der Waals surface area (Å²) >= 11 is 0. The lowest BCUT2D eigenvalue weighted by Crippen LogP contribution is -1.96. The Morgan fingerprint density at radius 1 is 1.39 bits per heavy atom. The van der Waals surface area contributed by atoms with E-state index in [1.165, 1.54) is 0 Å². The second kappa shape index (κ2) is 4.15. The first-order chi connectivity index (χ1) is 8.83. The predicted molar refractivity (Wildman–Crippen MR) is 66.0 cm³/mol. The van der Waals surface area contributed by atoms with Crippen molar-refractivity contribution in [3.8, 4) is 17.1 Å². The van der Waals surface area contributed by atoms with Gasteiger partial charge in [0.2, 0.25) is 11.7 Å². The number of aromatic amines is 1. The smallest absolute Gasteiger partial charge is 0.240 e. The van der Waals surface area contributed by atoms with Gasteiger partial charge in [0.25, 0.3) is 0 Å². The Balaban J connectivity index is 2.27. The number of fused-ring (bicyclic) bond motifs is 1. The third-order valence-electron chi connectivity index (χ3n) is 2.78. The van der Waals surface area contributed by atoms with Gasteiger partial charge in [0.15, 0.2) is 0 Å². The number of aromatic nitrogens is 3. The van der Waals surface area contributed by atoms with Crippen molar-refractivity contribution in [1.29, 1.82) is 0 Å². The van der Waals surface area contributed by atoms with Crippen LogP contribution in [0.4, 0.5) is 0 Å². The van der Waals surface area contributed by atoms with E-state index in [0.29, 0.717) is 17.5 Å². The zero-order valence-corrected chi connectivity index (χ0v) is 9.80. The average Bonchev–Trinajstić information content (AvgIpc) is 3.05. The van der Waals surface area contributed by atoms with Gasteiger partial charge < -0.3 is 20.0 Å². The molecule has 0 aliphatic heterocycles. The molecule has 0 saturated carbocycles. The van der Waals surface area contributed by atoms with Crippen molar-refractivity contribution in [3.63, 3.8) is 0 Å². The first-order valence-electron chi connectivity index (χ1n) is 5.50. The van der Waals surface area contributed by atoms with Crippen molar-refractivity contribution in [1.82, 2.24) is 15.1 Å². The van der Waals surface area contributed by atoms with E-state index in [9.17, 15) is 0 Å². The van der Waals surface area contributed by atoms with Crippen LogP contribution in [0.15, 0.2) is 28.9 Å². The second-order valence-electron chi connectivity index (χ2n) is 3.80. The van der Waals surface area contributed by atoms with Crippen LogP contribution in [0.3, 0.4) is 0 Å². The highest BCUT2D eigenvalue weighted by molar-refractivity contribution is 5.96. The summed E-state index contributed by atoms with van der Waals surface area (Å²) in [7, 11) is 1.61. The minimum atomic E-state index is 0.221. The molecule has 3 aromatic rings. The molecule has 2 aromatic heterocycles.